The van der Waals surface area contributed by atoms with E-state index in [-0.39, 0.29) is 11.6 Å². The predicted octanol–water partition coefficient (Wildman–Crippen LogP) is 2.29. The smallest absolute Gasteiger partial charge is 0.153 e. The van der Waals surface area contributed by atoms with Crippen LogP contribution in [0.15, 0.2) is 18.2 Å². The molecule has 0 bridgehead atoms. The fourth-order valence-corrected chi connectivity index (χ4v) is 2.56. The van der Waals surface area contributed by atoms with Crippen LogP contribution in [-0.2, 0) is 9.59 Å². The Kier molecular flexibility index (Phi) is 3.45. The van der Waals surface area contributed by atoms with Crippen molar-refractivity contribution in [2.45, 2.75) is 39.5 Å². The van der Waals surface area contributed by atoms with Crippen LogP contribution in [0.3, 0.4) is 0 Å². The van der Waals surface area contributed by atoms with E-state index in [1.807, 2.05) is 26.8 Å². The Morgan fingerprint density at radius 3 is 2.63 bits per heavy atom. The Morgan fingerprint density at radius 1 is 1.32 bits per heavy atom. The van der Waals surface area contributed by atoms with Crippen molar-refractivity contribution in [1.82, 2.24) is 0 Å². The molecule has 0 saturated heterocycles. The number of nitrogens with two attached hydrogens (primary N) is 1. The Bertz CT molecular complexity index is 534. The van der Waals surface area contributed by atoms with Crippen LogP contribution in [0.25, 0.3) is 0 Å². The minimum atomic E-state index is -0.682. The van der Waals surface area contributed by atoms with Gasteiger partial charge in [-0.15, -0.1) is 0 Å². The Morgan fingerprint density at radius 2 is 2.00 bits per heavy atom. The summed E-state index contributed by atoms with van der Waals surface area (Å²) in [5, 5.41) is 0. The predicted molar refractivity (Wildman–Crippen MR) is 71.8 cm³/mol. The average molecular weight is 261 g/mol. The van der Waals surface area contributed by atoms with Gasteiger partial charge < -0.3 is 4.84 Å². The van der Waals surface area contributed by atoms with Gasteiger partial charge in [0.25, 0.3) is 0 Å². The molecule has 0 spiro atoms. The summed E-state index contributed by atoms with van der Waals surface area (Å²) in [6.07, 6.45) is 1.06. The molecule has 0 radical (unpaired) electrons. The zero-order valence-corrected chi connectivity index (χ0v) is 11.5. The first-order chi connectivity index (χ1) is 8.86. The van der Waals surface area contributed by atoms with E-state index in [0.29, 0.717) is 24.2 Å². The van der Waals surface area contributed by atoms with Gasteiger partial charge in [0.2, 0.25) is 0 Å². The van der Waals surface area contributed by atoms with E-state index in [2.05, 4.69) is 0 Å². The van der Waals surface area contributed by atoms with Crippen LogP contribution in [-0.4, -0.2) is 11.6 Å². The fraction of sp³-hybridized carbons (Fsp3) is 0.467. The SMILES string of the molecule is Cc1ccc(ON)cc1C1C(=O)CCC(C)(C)C1=O. The first kappa shape index (κ1) is 13.7. The highest BCUT2D eigenvalue weighted by Gasteiger charge is 2.43. The van der Waals surface area contributed by atoms with E-state index >= 15 is 0 Å². The second kappa shape index (κ2) is 4.78. The van der Waals surface area contributed by atoms with Gasteiger partial charge in [-0.25, -0.2) is 0 Å². The molecule has 4 nitrogen and oxygen atoms in total. The topological polar surface area (TPSA) is 69.4 Å². The largest absolute Gasteiger partial charge is 0.412 e. The molecule has 1 aromatic rings. The summed E-state index contributed by atoms with van der Waals surface area (Å²) in [6.45, 7) is 5.68. The molecule has 1 atom stereocenters. The third-order valence-electron chi connectivity index (χ3n) is 3.95. The van der Waals surface area contributed by atoms with Gasteiger partial charge in [-0.05, 0) is 36.6 Å². The molecular formula is C15H19NO3. The molecule has 0 aliphatic heterocycles. The van der Waals surface area contributed by atoms with Crippen molar-refractivity contribution in [2.24, 2.45) is 11.3 Å². The number of hydrogen-bond acceptors (Lipinski definition) is 4. The maximum absolute atomic E-state index is 12.5. The van der Waals surface area contributed by atoms with Crippen molar-refractivity contribution in [1.29, 1.82) is 0 Å². The molecule has 1 aliphatic carbocycles. The van der Waals surface area contributed by atoms with E-state index < -0.39 is 11.3 Å². The molecule has 102 valence electrons. The lowest BCUT2D eigenvalue weighted by molar-refractivity contribution is -0.139. The normalized spacial score (nSPS) is 22.4. The van der Waals surface area contributed by atoms with Gasteiger partial charge in [0.05, 0.1) is 0 Å². The van der Waals surface area contributed by atoms with E-state index in [0.717, 1.165) is 5.56 Å². The molecule has 1 aromatic carbocycles. The summed E-state index contributed by atoms with van der Waals surface area (Å²) in [5.41, 5.74) is 1.17. The standard InChI is InChI=1S/C15H19NO3/c1-9-4-5-10(19-16)8-11(9)13-12(17)6-7-15(2,3)14(13)18/h4-5,8,13H,6-7,16H2,1-3H3. The number of carbonyl (C=O) groups is 2. The van der Waals surface area contributed by atoms with E-state index in [1.54, 1.807) is 12.1 Å². The zero-order valence-electron chi connectivity index (χ0n) is 11.5. The number of aryl methyl sites for hydroxylation is 1. The molecule has 0 amide bonds. The number of Topliss-reactive ketones (excluding diaryl/α,β-unsaturated/α-hetero) is 2. The highest BCUT2D eigenvalue weighted by atomic mass is 16.6. The Labute approximate surface area is 112 Å². The molecule has 0 aromatic heterocycles. The minimum absolute atomic E-state index is 0.0124. The number of carbonyl (C=O) groups excluding carboxylic acids is 2. The molecule has 1 fully saturated rings. The molecule has 2 rings (SSSR count). The van der Waals surface area contributed by atoms with Crippen molar-refractivity contribution in [3.05, 3.63) is 29.3 Å². The first-order valence-electron chi connectivity index (χ1n) is 6.41. The second-order valence-electron chi connectivity index (χ2n) is 5.78. The molecule has 1 aliphatic rings. The van der Waals surface area contributed by atoms with Crippen molar-refractivity contribution < 1.29 is 14.4 Å². The molecule has 19 heavy (non-hydrogen) atoms. The van der Waals surface area contributed by atoms with Crippen molar-refractivity contribution in [3.8, 4) is 5.75 Å². The lowest BCUT2D eigenvalue weighted by Crippen LogP contribution is -2.39. The molecule has 2 N–H and O–H groups in total. The van der Waals surface area contributed by atoms with Crippen LogP contribution < -0.4 is 10.7 Å². The van der Waals surface area contributed by atoms with Crippen molar-refractivity contribution >= 4 is 11.6 Å². The molecule has 1 unspecified atom stereocenters. The van der Waals surface area contributed by atoms with Crippen LogP contribution in [0.4, 0.5) is 0 Å². The summed E-state index contributed by atoms with van der Waals surface area (Å²) in [7, 11) is 0. The Hall–Kier alpha value is -1.68. The monoisotopic (exact) mass is 261 g/mol. The van der Waals surface area contributed by atoms with Gasteiger partial charge in [-0.3, -0.25) is 9.59 Å². The zero-order chi connectivity index (χ0) is 14.2. The molecule has 4 heteroatoms. The van der Waals surface area contributed by atoms with E-state index in [1.165, 1.54) is 0 Å². The van der Waals surface area contributed by atoms with E-state index in [4.69, 9.17) is 10.7 Å². The maximum Gasteiger partial charge on any atom is 0.153 e. The second-order valence-corrected chi connectivity index (χ2v) is 5.78. The number of hydrogen-bond donors (Lipinski definition) is 1. The number of rotatable bonds is 2. The lowest BCUT2D eigenvalue weighted by Gasteiger charge is -2.33. The van der Waals surface area contributed by atoms with Crippen LogP contribution >= 0.6 is 0 Å². The average Bonchev–Trinajstić information content (AvgIpc) is 2.37. The first-order valence-corrected chi connectivity index (χ1v) is 6.41. The molecule has 1 saturated carbocycles. The summed E-state index contributed by atoms with van der Waals surface area (Å²) in [5.74, 6) is 4.91. The fourth-order valence-electron chi connectivity index (χ4n) is 2.56. The highest BCUT2D eigenvalue weighted by Crippen LogP contribution is 2.40. The third-order valence-corrected chi connectivity index (χ3v) is 3.95. The van der Waals surface area contributed by atoms with Gasteiger partial charge in [-0.1, -0.05) is 19.9 Å². The quantitative estimate of drug-likeness (QED) is 0.655. The lowest BCUT2D eigenvalue weighted by atomic mass is 9.68. The number of ketones is 2. The summed E-state index contributed by atoms with van der Waals surface area (Å²) >= 11 is 0. The maximum atomic E-state index is 12.5. The van der Waals surface area contributed by atoms with Gasteiger partial charge in [-0.2, -0.15) is 5.90 Å². The van der Waals surface area contributed by atoms with Crippen molar-refractivity contribution in [2.75, 3.05) is 0 Å². The van der Waals surface area contributed by atoms with Gasteiger partial charge in [0, 0.05) is 11.8 Å². The van der Waals surface area contributed by atoms with Gasteiger partial charge >= 0.3 is 0 Å². The van der Waals surface area contributed by atoms with Crippen LogP contribution in [0.5, 0.6) is 5.75 Å². The van der Waals surface area contributed by atoms with Crippen molar-refractivity contribution in [3.63, 3.8) is 0 Å². The third kappa shape index (κ3) is 2.40. The number of benzene rings is 1. The highest BCUT2D eigenvalue weighted by molar-refractivity contribution is 6.11. The molecule has 0 heterocycles. The van der Waals surface area contributed by atoms with Crippen LogP contribution in [0.2, 0.25) is 0 Å². The van der Waals surface area contributed by atoms with Crippen LogP contribution in [0.1, 0.15) is 43.7 Å². The van der Waals surface area contributed by atoms with E-state index in [9.17, 15) is 9.59 Å². The Balaban J connectivity index is 2.49. The summed E-state index contributed by atoms with van der Waals surface area (Å²) in [4.78, 5) is 29.4. The van der Waals surface area contributed by atoms with Gasteiger partial charge in [0.1, 0.15) is 17.5 Å². The molecular weight excluding hydrogens is 242 g/mol. The van der Waals surface area contributed by atoms with Gasteiger partial charge in [0.15, 0.2) is 5.78 Å². The minimum Gasteiger partial charge on any atom is -0.412 e. The summed E-state index contributed by atoms with van der Waals surface area (Å²) < 4.78 is 0. The summed E-state index contributed by atoms with van der Waals surface area (Å²) in [6, 6.07) is 5.23. The van der Waals surface area contributed by atoms with Crippen LogP contribution in [0, 0.1) is 12.3 Å².